The monoisotopic (exact) mass is 366 g/mol. The minimum Gasteiger partial charge on any atom is -0.479 e. The summed E-state index contributed by atoms with van der Waals surface area (Å²) in [5.41, 5.74) is -3.71. The molecule has 3 rings (SSSR count). The number of fused-ring (bicyclic) bond motifs is 2. The van der Waals surface area contributed by atoms with Crippen LogP contribution in [0, 0.1) is 0 Å². The van der Waals surface area contributed by atoms with Crippen LogP contribution in [0.15, 0.2) is 0 Å². The number of carboxylic acid groups (broad SMARTS) is 1. The molecule has 1 saturated heterocycles. The molecule has 1 aliphatic heterocycles. The molecule has 6 atom stereocenters. The first-order chi connectivity index (χ1) is 11.4. The molecule has 2 saturated carbocycles. The summed E-state index contributed by atoms with van der Waals surface area (Å²) in [6.07, 6.45) is -8.08. The third kappa shape index (κ3) is 3.77. The highest BCUT2D eigenvalue weighted by Gasteiger charge is 2.57. The molecule has 144 valence electrons. The molecule has 0 radical (unpaired) electrons. The van der Waals surface area contributed by atoms with Crippen LogP contribution in [0.3, 0.4) is 0 Å². The Labute approximate surface area is 141 Å². The smallest absolute Gasteiger partial charge is 0.338 e. The molecule has 0 unspecified atom stereocenters. The molecule has 8 N–H and O–H groups in total. The van der Waals surface area contributed by atoms with Crippen LogP contribution in [0.5, 0.6) is 0 Å². The first-order valence-electron chi connectivity index (χ1n) is 7.69. The number of rotatable bonds is 1. The highest BCUT2D eigenvalue weighted by Crippen LogP contribution is 2.37. The van der Waals surface area contributed by atoms with Crippen LogP contribution in [0.25, 0.3) is 0 Å². The summed E-state index contributed by atoms with van der Waals surface area (Å²) in [6.45, 7) is 0. The summed E-state index contributed by atoms with van der Waals surface area (Å²) in [4.78, 5) is 21.5. The standard InChI is InChI=1S/C7H12O6.C7H10O5/c8-3-1-7(13,6(11)12)2-4(9)5(3)10;8-3-1-7(11)2-4(5(3)9)12-6(7)10/h3-5,8-10,13H,1-2H2,(H,11,12);3-5,8-9,11H,1-2H2/t3-,4-,5?,7?;3-,4-,5-,7+/m11/s1. The van der Waals surface area contributed by atoms with Crippen molar-refractivity contribution in [3.8, 4) is 0 Å². The average molecular weight is 366 g/mol. The molecule has 2 aliphatic carbocycles. The number of aliphatic hydroxyl groups is 7. The van der Waals surface area contributed by atoms with Crippen LogP contribution >= 0.6 is 0 Å². The third-order valence-corrected chi connectivity index (χ3v) is 4.78. The number of ether oxygens (including phenoxy) is 1. The number of carbonyl (C=O) groups is 2. The lowest BCUT2D eigenvalue weighted by Gasteiger charge is -2.37. The first-order valence-corrected chi connectivity index (χ1v) is 7.69. The Morgan fingerprint density at radius 3 is 1.84 bits per heavy atom. The Bertz CT molecular complexity index is 525. The van der Waals surface area contributed by atoms with Gasteiger partial charge in [-0.3, -0.25) is 0 Å². The van der Waals surface area contributed by atoms with Crippen molar-refractivity contribution >= 4 is 11.9 Å². The van der Waals surface area contributed by atoms with E-state index in [-0.39, 0.29) is 12.8 Å². The van der Waals surface area contributed by atoms with E-state index in [1.807, 2.05) is 0 Å². The summed E-state index contributed by atoms with van der Waals surface area (Å²) in [7, 11) is 0. The first kappa shape index (κ1) is 20.0. The van der Waals surface area contributed by atoms with Gasteiger partial charge < -0.3 is 45.6 Å². The van der Waals surface area contributed by atoms with Crippen molar-refractivity contribution in [2.24, 2.45) is 0 Å². The second kappa shape index (κ2) is 6.76. The molecule has 11 heteroatoms. The number of hydrogen-bond donors (Lipinski definition) is 8. The van der Waals surface area contributed by atoms with Gasteiger partial charge in [-0.15, -0.1) is 0 Å². The Hall–Kier alpha value is -1.34. The van der Waals surface area contributed by atoms with Crippen molar-refractivity contribution in [1.29, 1.82) is 0 Å². The maximum absolute atomic E-state index is 11.0. The summed E-state index contributed by atoms with van der Waals surface area (Å²) < 4.78 is 4.67. The van der Waals surface area contributed by atoms with Crippen molar-refractivity contribution in [3.05, 3.63) is 0 Å². The SMILES string of the molecule is O=C(O)C1(O)C[C@@H](O)C(O)[C@H](O)C1.O=C1O[C@@H]2C[C@@]1(O)C[C@@H](O)[C@H]2O. The molecule has 3 fully saturated rings. The fraction of sp³-hybridized carbons (Fsp3) is 0.857. The summed E-state index contributed by atoms with van der Waals surface area (Å²) >= 11 is 0. The van der Waals surface area contributed by atoms with Gasteiger partial charge in [-0.25, -0.2) is 9.59 Å². The molecule has 2 bridgehead atoms. The normalized spacial score (nSPS) is 49.0. The van der Waals surface area contributed by atoms with E-state index in [0.717, 1.165) is 0 Å². The van der Waals surface area contributed by atoms with Gasteiger partial charge in [-0.2, -0.15) is 0 Å². The Kier molecular flexibility index (Phi) is 5.40. The van der Waals surface area contributed by atoms with Crippen molar-refractivity contribution in [3.63, 3.8) is 0 Å². The van der Waals surface area contributed by atoms with E-state index in [4.69, 9.17) is 20.4 Å². The molecule has 0 spiro atoms. The van der Waals surface area contributed by atoms with Crippen LogP contribution < -0.4 is 0 Å². The molecular weight excluding hydrogens is 344 g/mol. The second-order valence-corrected chi connectivity index (χ2v) is 6.81. The van der Waals surface area contributed by atoms with Crippen molar-refractivity contribution in [2.45, 2.75) is 73.5 Å². The molecular formula is C14H22O11. The molecule has 0 aromatic rings. The van der Waals surface area contributed by atoms with Gasteiger partial charge in [-0.1, -0.05) is 0 Å². The van der Waals surface area contributed by atoms with Crippen LogP contribution in [0.2, 0.25) is 0 Å². The quantitative estimate of drug-likeness (QED) is 0.209. The van der Waals surface area contributed by atoms with Gasteiger partial charge in [0.1, 0.15) is 18.3 Å². The predicted molar refractivity (Wildman–Crippen MR) is 75.9 cm³/mol. The summed E-state index contributed by atoms with van der Waals surface area (Å²) in [5, 5.41) is 73.2. The molecule has 0 amide bonds. The minimum absolute atomic E-state index is 0.0874. The Morgan fingerprint density at radius 2 is 1.36 bits per heavy atom. The maximum Gasteiger partial charge on any atom is 0.338 e. The third-order valence-electron chi connectivity index (χ3n) is 4.78. The van der Waals surface area contributed by atoms with E-state index in [9.17, 15) is 30.0 Å². The fourth-order valence-corrected chi connectivity index (χ4v) is 3.22. The maximum atomic E-state index is 11.0. The summed E-state index contributed by atoms with van der Waals surface area (Å²) in [6, 6.07) is 0. The average Bonchev–Trinajstić information content (AvgIpc) is 2.75. The molecule has 0 aromatic heterocycles. The lowest BCUT2D eigenvalue weighted by atomic mass is 9.80. The fourth-order valence-electron chi connectivity index (χ4n) is 3.22. The minimum atomic E-state index is -2.14. The van der Waals surface area contributed by atoms with Crippen molar-refractivity contribution < 1.29 is 55.2 Å². The van der Waals surface area contributed by atoms with E-state index in [2.05, 4.69) is 4.74 Å². The van der Waals surface area contributed by atoms with E-state index < -0.39 is 72.6 Å². The van der Waals surface area contributed by atoms with Crippen molar-refractivity contribution in [2.75, 3.05) is 0 Å². The largest absolute Gasteiger partial charge is 0.479 e. The van der Waals surface area contributed by atoms with Gasteiger partial charge in [0.15, 0.2) is 11.2 Å². The van der Waals surface area contributed by atoms with Crippen molar-refractivity contribution in [1.82, 2.24) is 0 Å². The molecule has 3 aliphatic rings. The zero-order valence-corrected chi connectivity index (χ0v) is 13.1. The lowest BCUT2D eigenvalue weighted by Crippen LogP contribution is -2.56. The Balaban J connectivity index is 0.000000181. The van der Waals surface area contributed by atoms with E-state index >= 15 is 0 Å². The number of esters is 1. The molecule has 0 aromatic carbocycles. The number of carbonyl (C=O) groups excluding carboxylic acids is 1. The lowest BCUT2D eigenvalue weighted by molar-refractivity contribution is -0.187. The van der Waals surface area contributed by atoms with Gasteiger partial charge >= 0.3 is 11.9 Å². The zero-order valence-electron chi connectivity index (χ0n) is 13.1. The van der Waals surface area contributed by atoms with Crippen LogP contribution in [0.4, 0.5) is 0 Å². The van der Waals surface area contributed by atoms with Gasteiger partial charge in [-0.05, 0) is 0 Å². The van der Waals surface area contributed by atoms with Gasteiger partial charge in [0.2, 0.25) is 0 Å². The number of aliphatic hydroxyl groups excluding tert-OH is 5. The van der Waals surface area contributed by atoms with E-state index in [0.29, 0.717) is 0 Å². The topological polar surface area (TPSA) is 205 Å². The number of carboxylic acids is 1. The van der Waals surface area contributed by atoms with Gasteiger partial charge in [0.25, 0.3) is 0 Å². The molecule has 25 heavy (non-hydrogen) atoms. The Morgan fingerprint density at radius 1 is 0.880 bits per heavy atom. The van der Waals surface area contributed by atoms with E-state index in [1.165, 1.54) is 0 Å². The number of aliphatic carboxylic acids is 1. The predicted octanol–water partition coefficient (Wildman–Crippen LogP) is -4.16. The molecule has 1 heterocycles. The molecule has 11 nitrogen and oxygen atoms in total. The highest BCUT2D eigenvalue weighted by molar-refractivity contribution is 5.82. The van der Waals surface area contributed by atoms with Crippen LogP contribution in [-0.4, -0.2) is 101 Å². The highest BCUT2D eigenvalue weighted by atomic mass is 16.6. The van der Waals surface area contributed by atoms with Gasteiger partial charge in [0.05, 0.1) is 18.3 Å². The van der Waals surface area contributed by atoms with Gasteiger partial charge in [0, 0.05) is 25.7 Å². The second-order valence-electron chi connectivity index (χ2n) is 6.81. The zero-order chi connectivity index (χ0) is 19.2. The summed E-state index contributed by atoms with van der Waals surface area (Å²) in [5.74, 6) is -2.24. The number of hydrogen-bond acceptors (Lipinski definition) is 10. The van der Waals surface area contributed by atoms with Crippen LogP contribution in [0.1, 0.15) is 25.7 Å². The van der Waals surface area contributed by atoms with E-state index in [1.54, 1.807) is 0 Å². The van der Waals surface area contributed by atoms with Crippen LogP contribution in [-0.2, 0) is 14.3 Å².